The van der Waals surface area contributed by atoms with Crippen LogP contribution >= 0.6 is 0 Å². The van der Waals surface area contributed by atoms with Crippen molar-refractivity contribution in [3.8, 4) is 39.8 Å². The molecule has 11 heteroatoms. The molecule has 4 aliphatic heterocycles. The zero-order valence-corrected chi connectivity index (χ0v) is 30.0. The standard InChI is InChI=1S/C43H39N5O6/c1-21(2)34-40-47-36-37(54-40)43-27-10-6-9-25(24-8-7-11-29-33(24)26(19-44-29)31-20-45-39(36)52-31)35(27)48-41(43)53-30-13-12-22(17-28(30)43)16-23(38(50)46-34)18-32(49)42(51)14-4-3-5-15-42/h6-13,17,19-21,23,34,41,44,48,51H,3-5,14-16,18H2,1-2H3,(H,46,50)/t23?,34-,41?,43-/m0/s1. The fourth-order valence-electron chi connectivity index (χ4n) is 9.80. The number of para-hydroxylation sites is 1. The lowest BCUT2D eigenvalue weighted by molar-refractivity contribution is -0.144. The number of benzene rings is 3. The Morgan fingerprint density at radius 1 is 0.981 bits per heavy atom. The number of ether oxygens (including phenoxy) is 1. The summed E-state index contributed by atoms with van der Waals surface area (Å²) in [5, 5.41) is 19.5. The summed E-state index contributed by atoms with van der Waals surface area (Å²) in [4.78, 5) is 41.6. The second-order valence-electron chi connectivity index (χ2n) is 16.0. The summed E-state index contributed by atoms with van der Waals surface area (Å²) in [6, 6.07) is 17.9. The molecule has 4 atom stereocenters. The molecule has 2 unspecified atom stereocenters. The number of aliphatic hydroxyl groups is 1. The third kappa shape index (κ3) is 4.27. The van der Waals surface area contributed by atoms with Gasteiger partial charge in [0.2, 0.25) is 17.7 Å². The van der Waals surface area contributed by atoms with E-state index in [1.54, 1.807) is 6.20 Å². The first-order chi connectivity index (χ1) is 26.2. The Morgan fingerprint density at radius 3 is 2.67 bits per heavy atom. The Hall–Kier alpha value is -5.68. The molecule has 1 fully saturated rings. The number of nitrogens with one attached hydrogen (secondary N) is 3. The molecule has 3 aromatic heterocycles. The van der Waals surface area contributed by atoms with Gasteiger partial charge < -0.3 is 34.3 Å². The summed E-state index contributed by atoms with van der Waals surface area (Å²) in [7, 11) is 0. The van der Waals surface area contributed by atoms with Gasteiger partial charge in [-0.25, -0.2) is 9.97 Å². The van der Waals surface area contributed by atoms with E-state index in [1.807, 2.05) is 38.2 Å². The Labute approximate surface area is 310 Å². The van der Waals surface area contributed by atoms with Gasteiger partial charge in [0.25, 0.3) is 0 Å². The quantitative estimate of drug-likeness (QED) is 0.144. The molecule has 11 rings (SSSR count). The molecule has 11 nitrogen and oxygen atoms in total. The van der Waals surface area contributed by atoms with E-state index >= 15 is 0 Å². The van der Waals surface area contributed by atoms with E-state index in [0.29, 0.717) is 48.1 Å². The SMILES string of the molecule is CC(C)[C@@H]1NC(=O)C(CC(=O)C2(O)CCCCC2)Cc2ccc3c(c2)[C@]24c5cccc(c5NC2O3)-c2cccc3[nH]cc(c23)-c2cnc(o2)-c2nc1oc24. The molecule has 272 valence electrons. The minimum absolute atomic E-state index is 0.0739. The number of aromatic nitrogens is 3. The van der Waals surface area contributed by atoms with Crippen molar-refractivity contribution in [3.05, 3.63) is 95.3 Å². The zero-order valence-electron chi connectivity index (χ0n) is 30.0. The second kappa shape index (κ2) is 11.2. The van der Waals surface area contributed by atoms with Crippen molar-refractivity contribution in [1.82, 2.24) is 20.3 Å². The fourth-order valence-corrected chi connectivity index (χ4v) is 9.80. The van der Waals surface area contributed by atoms with Gasteiger partial charge in [0.15, 0.2) is 29.2 Å². The normalized spacial score (nSPS) is 24.2. The van der Waals surface area contributed by atoms with Crippen LogP contribution in [0.5, 0.6) is 5.75 Å². The maximum Gasteiger partial charge on any atom is 0.249 e. The summed E-state index contributed by atoms with van der Waals surface area (Å²) < 4.78 is 20.5. The Bertz CT molecular complexity index is 2560. The molecule has 1 amide bonds. The van der Waals surface area contributed by atoms with Crippen molar-refractivity contribution < 1.29 is 28.3 Å². The number of oxazole rings is 2. The molecule has 7 heterocycles. The molecule has 54 heavy (non-hydrogen) atoms. The molecule has 0 radical (unpaired) electrons. The minimum atomic E-state index is -1.41. The number of aromatic amines is 1. The number of ketones is 1. The summed E-state index contributed by atoms with van der Waals surface area (Å²) in [6.07, 6.45) is 6.71. The Balaban J connectivity index is 1.18. The summed E-state index contributed by atoms with van der Waals surface area (Å²) in [6.45, 7) is 4.01. The molecular weight excluding hydrogens is 683 g/mol. The van der Waals surface area contributed by atoms with Crippen molar-refractivity contribution in [3.63, 3.8) is 0 Å². The molecule has 10 bridgehead atoms. The van der Waals surface area contributed by atoms with Gasteiger partial charge in [0, 0.05) is 57.4 Å². The number of fused-ring (bicyclic) bond motifs is 7. The number of anilines is 1. The van der Waals surface area contributed by atoms with E-state index < -0.39 is 29.2 Å². The van der Waals surface area contributed by atoms with Crippen LogP contribution in [0, 0.1) is 11.8 Å². The van der Waals surface area contributed by atoms with Gasteiger partial charge in [0.05, 0.1) is 6.20 Å². The highest BCUT2D eigenvalue weighted by Crippen LogP contribution is 2.61. The van der Waals surface area contributed by atoms with Crippen molar-refractivity contribution in [2.75, 3.05) is 5.32 Å². The first kappa shape index (κ1) is 31.8. The van der Waals surface area contributed by atoms with Crippen molar-refractivity contribution in [2.45, 2.75) is 82.1 Å². The van der Waals surface area contributed by atoms with Crippen LogP contribution in [0.25, 0.3) is 44.9 Å². The Morgan fingerprint density at radius 2 is 1.81 bits per heavy atom. The van der Waals surface area contributed by atoms with E-state index in [-0.39, 0.29) is 29.9 Å². The molecule has 0 saturated heterocycles. The maximum absolute atomic E-state index is 14.4. The number of H-pyrrole nitrogens is 1. The monoisotopic (exact) mass is 721 g/mol. The van der Waals surface area contributed by atoms with Gasteiger partial charge in [-0.05, 0) is 48.4 Å². The van der Waals surface area contributed by atoms with Gasteiger partial charge in [-0.1, -0.05) is 75.6 Å². The van der Waals surface area contributed by atoms with Crippen LogP contribution in [0.15, 0.2) is 75.8 Å². The predicted octanol–water partition coefficient (Wildman–Crippen LogP) is 7.58. The molecular formula is C43H39N5O6. The molecule has 1 spiro atoms. The van der Waals surface area contributed by atoms with Crippen LogP contribution in [-0.2, 0) is 21.4 Å². The summed E-state index contributed by atoms with van der Waals surface area (Å²) in [5.74, 6) is 0.938. The molecule has 6 aromatic rings. The molecule has 3 aromatic carbocycles. The van der Waals surface area contributed by atoms with Gasteiger partial charge in [0.1, 0.15) is 22.8 Å². The number of carbonyl (C=O) groups excluding carboxylic acids is 2. The highest BCUT2D eigenvalue weighted by Gasteiger charge is 2.61. The number of amides is 1. The van der Waals surface area contributed by atoms with E-state index in [1.165, 1.54) is 0 Å². The molecule has 4 N–H and O–H groups in total. The van der Waals surface area contributed by atoms with E-state index in [2.05, 4.69) is 52.0 Å². The fraction of sp³-hybridized carbons (Fsp3) is 0.349. The van der Waals surface area contributed by atoms with Crippen LogP contribution in [0.1, 0.15) is 86.8 Å². The molecule has 1 saturated carbocycles. The third-order valence-corrected chi connectivity index (χ3v) is 12.6. The molecule has 1 aliphatic carbocycles. The van der Waals surface area contributed by atoms with E-state index in [4.69, 9.17) is 23.5 Å². The summed E-state index contributed by atoms with van der Waals surface area (Å²) >= 11 is 0. The lowest BCUT2D eigenvalue weighted by Crippen LogP contribution is -2.44. The van der Waals surface area contributed by atoms with Crippen LogP contribution in [-0.4, -0.2) is 43.6 Å². The second-order valence-corrected chi connectivity index (χ2v) is 16.0. The van der Waals surface area contributed by atoms with Crippen LogP contribution < -0.4 is 15.4 Å². The van der Waals surface area contributed by atoms with Crippen LogP contribution in [0.3, 0.4) is 0 Å². The summed E-state index contributed by atoms with van der Waals surface area (Å²) in [5.41, 5.74) is 5.47. The van der Waals surface area contributed by atoms with Gasteiger partial charge in [-0.2, -0.15) is 0 Å². The molecule has 5 aliphatic rings. The van der Waals surface area contributed by atoms with E-state index in [0.717, 1.165) is 69.2 Å². The van der Waals surface area contributed by atoms with Crippen molar-refractivity contribution in [1.29, 1.82) is 0 Å². The first-order valence-corrected chi connectivity index (χ1v) is 19.1. The first-order valence-electron chi connectivity index (χ1n) is 19.1. The lowest BCUT2D eigenvalue weighted by Gasteiger charge is -2.32. The van der Waals surface area contributed by atoms with Crippen LogP contribution in [0.4, 0.5) is 5.69 Å². The van der Waals surface area contributed by atoms with Gasteiger partial charge in [-0.3, -0.25) is 9.59 Å². The average Bonchev–Trinajstić information content (AvgIpc) is 3.99. The maximum atomic E-state index is 14.4. The van der Waals surface area contributed by atoms with Gasteiger partial charge >= 0.3 is 0 Å². The average molecular weight is 722 g/mol. The van der Waals surface area contributed by atoms with Crippen molar-refractivity contribution in [2.24, 2.45) is 11.8 Å². The lowest BCUT2D eigenvalue weighted by atomic mass is 9.71. The van der Waals surface area contributed by atoms with Gasteiger partial charge in [-0.15, -0.1) is 0 Å². The number of carbonyl (C=O) groups is 2. The number of nitrogens with zero attached hydrogens (tertiary/aromatic N) is 2. The predicted molar refractivity (Wildman–Crippen MR) is 200 cm³/mol. The van der Waals surface area contributed by atoms with Crippen molar-refractivity contribution >= 4 is 28.3 Å². The van der Waals surface area contributed by atoms with Crippen LogP contribution in [0.2, 0.25) is 0 Å². The third-order valence-electron chi connectivity index (χ3n) is 12.6. The smallest absolute Gasteiger partial charge is 0.249 e. The number of rotatable bonds is 4. The minimum Gasteiger partial charge on any atom is -0.469 e. The topological polar surface area (TPSA) is 156 Å². The Kier molecular flexibility index (Phi) is 6.58. The van der Waals surface area contributed by atoms with E-state index in [9.17, 15) is 14.7 Å². The highest BCUT2D eigenvalue weighted by atomic mass is 16.5. The zero-order chi connectivity index (χ0) is 36.5. The number of hydrogen-bond donors (Lipinski definition) is 4. The largest absolute Gasteiger partial charge is 0.469 e. The number of Topliss-reactive ketones (excluding diaryl/α,β-unsaturated/α-hetero) is 1. The highest BCUT2D eigenvalue weighted by molar-refractivity contribution is 6.07. The number of hydrogen-bond acceptors (Lipinski definition) is 9.